The quantitative estimate of drug-likeness (QED) is 0.788. The number of benzene rings is 1. The van der Waals surface area contributed by atoms with E-state index in [1.165, 1.54) is 0 Å². The lowest BCUT2D eigenvalue weighted by molar-refractivity contribution is 0.0953. The van der Waals surface area contributed by atoms with Crippen molar-refractivity contribution >= 4 is 11.6 Å². The van der Waals surface area contributed by atoms with Gasteiger partial charge in [0, 0.05) is 18.8 Å². The highest BCUT2D eigenvalue weighted by Gasteiger charge is 2.10. The van der Waals surface area contributed by atoms with E-state index >= 15 is 0 Å². The molecule has 1 aromatic rings. The lowest BCUT2D eigenvalue weighted by Crippen LogP contribution is -2.26. The maximum Gasteiger partial charge on any atom is 0.253 e. The first-order chi connectivity index (χ1) is 9.04. The molecule has 0 saturated carbocycles. The van der Waals surface area contributed by atoms with E-state index in [2.05, 4.69) is 31.4 Å². The average molecular weight is 262 g/mol. The topological polar surface area (TPSA) is 41.1 Å². The second-order valence-electron chi connectivity index (χ2n) is 5.41. The van der Waals surface area contributed by atoms with Crippen molar-refractivity contribution in [1.82, 2.24) is 5.32 Å². The number of anilines is 1. The van der Waals surface area contributed by atoms with Crippen molar-refractivity contribution in [3.63, 3.8) is 0 Å². The largest absolute Gasteiger partial charge is 0.384 e. The van der Waals surface area contributed by atoms with Gasteiger partial charge in [0.25, 0.3) is 5.91 Å². The van der Waals surface area contributed by atoms with Crippen molar-refractivity contribution in [1.29, 1.82) is 0 Å². The van der Waals surface area contributed by atoms with E-state index in [4.69, 9.17) is 0 Å². The molecule has 0 aliphatic heterocycles. The van der Waals surface area contributed by atoms with Crippen LogP contribution in [0.15, 0.2) is 18.2 Å². The number of carbonyl (C=O) groups excluding carboxylic acids is 1. The molecule has 0 spiro atoms. The van der Waals surface area contributed by atoms with Gasteiger partial charge >= 0.3 is 0 Å². The zero-order valence-corrected chi connectivity index (χ0v) is 12.5. The number of rotatable bonds is 7. The van der Waals surface area contributed by atoms with E-state index in [1.54, 1.807) is 0 Å². The van der Waals surface area contributed by atoms with Crippen LogP contribution in [0.2, 0.25) is 0 Å². The predicted molar refractivity (Wildman–Crippen MR) is 81.7 cm³/mol. The van der Waals surface area contributed by atoms with E-state index in [1.807, 2.05) is 25.1 Å². The van der Waals surface area contributed by atoms with Crippen LogP contribution in [0.5, 0.6) is 0 Å². The minimum atomic E-state index is 0.0132. The van der Waals surface area contributed by atoms with Gasteiger partial charge in [-0.25, -0.2) is 0 Å². The standard InChI is InChI=1S/C16H26N2O/c1-5-9-17-15-11-13(4)6-7-14(15)16(19)18-10-8-12(2)3/h6-7,11-12,17H,5,8-10H2,1-4H3,(H,18,19). The first-order valence-electron chi connectivity index (χ1n) is 7.17. The van der Waals surface area contributed by atoms with E-state index in [-0.39, 0.29) is 5.91 Å². The van der Waals surface area contributed by atoms with Gasteiger partial charge in [-0.05, 0) is 43.4 Å². The number of hydrogen-bond acceptors (Lipinski definition) is 2. The molecule has 0 fully saturated rings. The molecule has 1 amide bonds. The van der Waals surface area contributed by atoms with E-state index < -0.39 is 0 Å². The summed E-state index contributed by atoms with van der Waals surface area (Å²) in [5, 5.41) is 6.31. The van der Waals surface area contributed by atoms with Gasteiger partial charge in [-0.2, -0.15) is 0 Å². The van der Waals surface area contributed by atoms with Crippen LogP contribution in [-0.4, -0.2) is 19.0 Å². The molecule has 1 aromatic carbocycles. The third-order valence-corrected chi connectivity index (χ3v) is 2.99. The fourth-order valence-electron chi connectivity index (χ4n) is 1.83. The molecule has 0 aliphatic rings. The van der Waals surface area contributed by atoms with Gasteiger partial charge in [0.2, 0.25) is 0 Å². The molecule has 0 radical (unpaired) electrons. The number of carbonyl (C=O) groups is 1. The molecule has 19 heavy (non-hydrogen) atoms. The second-order valence-corrected chi connectivity index (χ2v) is 5.41. The monoisotopic (exact) mass is 262 g/mol. The van der Waals surface area contributed by atoms with Crippen LogP contribution in [0.3, 0.4) is 0 Å². The van der Waals surface area contributed by atoms with Gasteiger partial charge in [0.15, 0.2) is 0 Å². The third-order valence-electron chi connectivity index (χ3n) is 2.99. The zero-order valence-electron chi connectivity index (χ0n) is 12.5. The van der Waals surface area contributed by atoms with Crippen LogP contribution in [0.4, 0.5) is 5.69 Å². The van der Waals surface area contributed by atoms with Crippen molar-refractivity contribution in [3.8, 4) is 0 Å². The van der Waals surface area contributed by atoms with Crippen molar-refractivity contribution in [2.45, 2.75) is 40.5 Å². The molecular formula is C16H26N2O. The molecule has 106 valence electrons. The molecule has 0 atom stereocenters. The minimum absolute atomic E-state index is 0.0132. The molecule has 1 rings (SSSR count). The van der Waals surface area contributed by atoms with Gasteiger partial charge in [0.1, 0.15) is 0 Å². The summed E-state index contributed by atoms with van der Waals surface area (Å²) in [4.78, 5) is 12.2. The molecule has 0 aliphatic carbocycles. The summed E-state index contributed by atoms with van der Waals surface area (Å²) < 4.78 is 0. The Labute approximate surface area is 116 Å². The van der Waals surface area contributed by atoms with Crippen molar-refractivity contribution in [3.05, 3.63) is 29.3 Å². The molecule has 2 N–H and O–H groups in total. The van der Waals surface area contributed by atoms with Crippen LogP contribution in [0.1, 0.15) is 49.5 Å². The van der Waals surface area contributed by atoms with Crippen LogP contribution in [-0.2, 0) is 0 Å². The molecule has 0 unspecified atom stereocenters. The maximum absolute atomic E-state index is 12.2. The lowest BCUT2D eigenvalue weighted by atomic mass is 10.1. The number of aryl methyl sites for hydroxylation is 1. The first kappa shape index (κ1) is 15.5. The Balaban J connectivity index is 2.71. The SMILES string of the molecule is CCCNc1cc(C)ccc1C(=O)NCCC(C)C. The number of hydrogen-bond donors (Lipinski definition) is 2. The fourth-order valence-corrected chi connectivity index (χ4v) is 1.83. The highest BCUT2D eigenvalue weighted by molar-refractivity contribution is 5.99. The summed E-state index contributed by atoms with van der Waals surface area (Å²) in [5.41, 5.74) is 2.84. The normalized spacial score (nSPS) is 10.6. The second kappa shape index (κ2) is 7.82. The van der Waals surface area contributed by atoms with Crippen molar-refractivity contribution < 1.29 is 4.79 Å². The van der Waals surface area contributed by atoms with Crippen LogP contribution < -0.4 is 10.6 Å². The van der Waals surface area contributed by atoms with E-state index in [0.717, 1.165) is 42.7 Å². The Morgan fingerprint density at radius 1 is 1.26 bits per heavy atom. The summed E-state index contributed by atoms with van der Waals surface area (Å²) in [6.07, 6.45) is 2.05. The Morgan fingerprint density at radius 2 is 2.00 bits per heavy atom. The third kappa shape index (κ3) is 5.33. The number of amides is 1. The van der Waals surface area contributed by atoms with Gasteiger partial charge in [0.05, 0.1) is 5.56 Å². The van der Waals surface area contributed by atoms with Crippen molar-refractivity contribution in [2.75, 3.05) is 18.4 Å². The van der Waals surface area contributed by atoms with Crippen LogP contribution in [0, 0.1) is 12.8 Å². The number of nitrogens with one attached hydrogen (secondary N) is 2. The van der Waals surface area contributed by atoms with E-state index in [9.17, 15) is 4.79 Å². The zero-order chi connectivity index (χ0) is 14.3. The molecule has 3 nitrogen and oxygen atoms in total. The Morgan fingerprint density at radius 3 is 2.63 bits per heavy atom. The van der Waals surface area contributed by atoms with Gasteiger partial charge in [-0.15, -0.1) is 0 Å². The van der Waals surface area contributed by atoms with Crippen LogP contribution >= 0.6 is 0 Å². The smallest absolute Gasteiger partial charge is 0.253 e. The summed E-state index contributed by atoms with van der Waals surface area (Å²) >= 11 is 0. The Hall–Kier alpha value is -1.51. The predicted octanol–water partition coefficient (Wildman–Crippen LogP) is 3.59. The molecule has 3 heteroatoms. The molecule has 0 heterocycles. The Bertz CT molecular complexity index is 413. The van der Waals surface area contributed by atoms with Crippen LogP contribution in [0.25, 0.3) is 0 Å². The van der Waals surface area contributed by atoms with E-state index in [0.29, 0.717) is 5.92 Å². The van der Waals surface area contributed by atoms with Gasteiger partial charge in [-0.3, -0.25) is 4.79 Å². The lowest BCUT2D eigenvalue weighted by Gasteiger charge is -2.13. The summed E-state index contributed by atoms with van der Waals surface area (Å²) in [6, 6.07) is 5.92. The Kier molecular flexibility index (Phi) is 6.40. The molecule has 0 bridgehead atoms. The van der Waals surface area contributed by atoms with Crippen molar-refractivity contribution in [2.24, 2.45) is 5.92 Å². The summed E-state index contributed by atoms with van der Waals surface area (Å²) in [5.74, 6) is 0.621. The summed E-state index contributed by atoms with van der Waals surface area (Å²) in [7, 11) is 0. The molecule has 0 saturated heterocycles. The van der Waals surface area contributed by atoms with Gasteiger partial charge < -0.3 is 10.6 Å². The molecule has 0 aromatic heterocycles. The maximum atomic E-state index is 12.2. The molecular weight excluding hydrogens is 236 g/mol. The highest BCUT2D eigenvalue weighted by Crippen LogP contribution is 2.17. The highest BCUT2D eigenvalue weighted by atomic mass is 16.1. The minimum Gasteiger partial charge on any atom is -0.384 e. The summed E-state index contributed by atoms with van der Waals surface area (Å²) in [6.45, 7) is 10.1. The first-order valence-corrected chi connectivity index (χ1v) is 7.17. The average Bonchev–Trinajstić information content (AvgIpc) is 2.35. The fraction of sp³-hybridized carbons (Fsp3) is 0.562. The van der Waals surface area contributed by atoms with Gasteiger partial charge in [-0.1, -0.05) is 26.8 Å².